The number of aromatic amines is 1. The van der Waals surface area contributed by atoms with Crippen LogP contribution in [0.25, 0.3) is 10.9 Å². The lowest BCUT2D eigenvalue weighted by atomic mass is 10.2. The topological polar surface area (TPSA) is 56.9 Å². The Labute approximate surface area is 123 Å². The lowest BCUT2D eigenvalue weighted by Crippen LogP contribution is -2.27. The average molecular weight is 294 g/mol. The molecule has 0 bridgehead atoms. The largest absolute Gasteiger partial charge is 0.361 e. The van der Waals surface area contributed by atoms with E-state index in [9.17, 15) is 4.79 Å². The van der Waals surface area contributed by atoms with Crippen LogP contribution in [-0.2, 0) is 11.3 Å². The predicted octanol–water partition coefficient (Wildman–Crippen LogP) is 2.83. The highest BCUT2D eigenvalue weighted by Gasteiger charge is 2.04. The monoisotopic (exact) mass is 293 g/mol. The van der Waals surface area contributed by atoms with E-state index in [4.69, 9.17) is 11.6 Å². The molecule has 1 aromatic carbocycles. The summed E-state index contributed by atoms with van der Waals surface area (Å²) in [6, 6.07) is 5.82. The fraction of sp³-hybridized carbons (Fsp3) is 0.400. The van der Waals surface area contributed by atoms with Gasteiger partial charge in [-0.2, -0.15) is 0 Å². The fourth-order valence-electron chi connectivity index (χ4n) is 2.08. The average Bonchev–Trinajstić information content (AvgIpc) is 2.83. The molecule has 1 aromatic heterocycles. The quantitative estimate of drug-likeness (QED) is 0.688. The number of H-pyrrole nitrogens is 1. The van der Waals surface area contributed by atoms with Gasteiger partial charge in [-0.15, -0.1) is 0 Å². The van der Waals surface area contributed by atoms with Gasteiger partial charge in [-0.25, -0.2) is 0 Å². The van der Waals surface area contributed by atoms with Crippen LogP contribution in [0.1, 0.15) is 25.3 Å². The number of nitrogens with one attached hydrogen (secondary N) is 3. The van der Waals surface area contributed by atoms with E-state index >= 15 is 0 Å². The van der Waals surface area contributed by atoms with E-state index in [1.165, 1.54) is 5.56 Å². The van der Waals surface area contributed by atoms with Crippen LogP contribution in [0.4, 0.5) is 0 Å². The molecule has 0 spiro atoms. The van der Waals surface area contributed by atoms with Gasteiger partial charge in [-0.3, -0.25) is 4.79 Å². The van der Waals surface area contributed by atoms with Gasteiger partial charge in [0.2, 0.25) is 5.91 Å². The van der Waals surface area contributed by atoms with Crippen LogP contribution in [0.2, 0.25) is 5.02 Å². The maximum Gasteiger partial charge on any atom is 0.221 e. The van der Waals surface area contributed by atoms with E-state index in [1.54, 1.807) is 0 Å². The van der Waals surface area contributed by atoms with E-state index in [1.807, 2.05) is 31.3 Å². The summed E-state index contributed by atoms with van der Waals surface area (Å²) in [4.78, 5) is 14.6. The number of benzene rings is 1. The van der Waals surface area contributed by atoms with Crippen molar-refractivity contribution in [1.29, 1.82) is 0 Å². The van der Waals surface area contributed by atoms with Crippen molar-refractivity contribution in [1.82, 2.24) is 15.6 Å². The number of carbonyl (C=O) groups is 1. The third kappa shape index (κ3) is 3.99. The van der Waals surface area contributed by atoms with E-state index in [-0.39, 0.29) is 5.91 Å². The molecule has 1 heterocycles. The summed E-state index contributed by atoms with van der Waals surface area (Å²) in [6.07, 6.45) is 3.45. The zero-order valence-electron chi connectivity index (χ0n) is 11.6. The van der Waals surface area contributed by atoms with Crippen LogP contribution in [0.5, 0.6) is 0 Å². The van der Waals surface area contributed by atoms with Gasteiger partial charge >= 0.3 is 0 Å². The van der Waals surface area contributed by atoms with Gasteiger partial charge in [0.1, 0.15) is 0 Å². The second kappa shape index (κ2) is 7.31. The maximum absolute atomic E-state index is 11.4. The first-order valence-corrected chi connectivity index (χ1v) is 7.31. The van der Waals surface area contributed by atoms with Crippen molar-refractivity contribution in [3.63, 3.8) is 0 Å². The Morgan fingerprint density at radius 3 is 3.00 bits per heavy atom. The Balaban J connectivity index is 1.80. The van der Waals surface area contributed by atoms with Gasteiger partial charge in [0.05, 0.1) is 0 Å². The first kappa shape index (κ1) is 14.9. The standard InChI is InChI=1S/C15H20ClN3O/c1-2-6-18-15(20)5-7-17-9-11-10-19-14-8-12(16)3-4-13(11)14/h3-4,8,10,17,19H,2,5-7,9H2,1H3,(H,18,20). The number of aromatic nitrogens is 1. The van der Waals surface area contributed by atoms with Crippen LogP contribution < -0.4 is 10.6 Å². The summed E-state index contributed by atoms with van der Waals surface area (Å²) >= 11 is 5.95. The predicted molar refractivity (Wildman–Crippen MR) is 82.9 cm³/mol. The smallest absolute Gasteiger partial charge is 0.221 e. The van der Waals surface area contributed by atoms with Gasteiger partial charge in [-0.05, 0) is 24.1 Å². The molecule has 108 valence electrons. The Morgan fingerprint density at radius 1 is 1.35 bits per heavy atom. The molecule has 0 aliphatic heterocycles. The van der Waals surface area contributed by atoms with Crippen molar-refractivity contribution in [3.8, 4) is 0 Å². The highest BCUT2D eigenvalue weighted by atomic mass is 35.5. The number of halogens is 1. The highest BCUT2D eigenvalue weighted by Crippen LogP contribution is 2.21. The summed E-state index contributed by atoms with van der Waals surface area (Å²) in [7, 11) is 0. The van der Waals surface area contributed by atoms with Gasteiger partial charge in [0, 0.05) is 48.2 Å². The molecule has 0 aliphatic carbocycles. The normalized spacial score (nSPS) is 10.9. The minimum Gasteiger partial charge on any atom is -0.361 e. The number of rotatable bonds is 7. The van der Waals surface area contributed by atoms with Gasteiger partial charge < -0.3 is 15.6 Å². The molecule has 0 radical (unpaired) electrons. The molecule has 0 saturated carbocycles. The molecule has 0 aliphatic rings. The summed E-state index contributed by atoms with van der Waals surface area (Å²) in [6.45, 7) is 4.21. The summed E-state index contributed by atoms with van der Waals surface area (Å²) in [5.41, 5.74) is 2.22. The maximum atomic E-state index is 11.4. The van der Waals surface area contributed by atoms with E-state index in [0.29, 0.717) is 13.0 Å². The van der Waals surface area contributed by atoms with Crippen LogP contribution in [-0.4, -0.2) is 24.0 Å². The molecule has 3 N–H and O–H groups in total. The molecule has 0 atom stereocenters. The third-order valence-corrected chi connectivity index (χ3v) is 3.38. The number of hydrogen-bond acceptors (Lipinski definition) is 2. The lowest BCUT2D eigenvalue weighted by molar-refractivity contribution is -0.120. The molecular weight excluding hydrogens is 274 g/mol. The van der Waals surface area contributed by atoms with Crippen molar-refractivity contribution in [2.75, 3.05) is 13.1 Å². The minimum atomic E-state index is 0.102. The molecule has 4 nitrogen and oxygen atoms in total. The van der Waals surface area contributed by atoms with E-state index in [0.717, 1.165) is 35.4 Å². The van der Waals surface area contributed by atoms with Crippen molar-refractivity contribution in [2.24, 2.45) is 0 Å². The molecule has 2 aromatic rings. The number of fused-ring (bicyclic) bond motifs is 1. The van der Waals surface area contributed by atoms with Gasteiger partial charge in [0.15, 0.2) is 0 Å². The molecular formula is C15H20ClN3O. The van der Waals surface area contributed by atoms with E-state index in [2.05, 4.69) is 15.6 Å². The van der Waals surface area contributed by atoms with Crippen LogP contribution >= 0.6 is 11.6 Å². The number of hydrogen-bond donors (Lipinski definition) is 3. The summed E-state index contributed by atoms with van der Waals surface area (Å²) in [5, 5.41) is 8.04. The van der Waals surface area contributed by atoms with Crippen LogP contribution in [0, 0.1) is 0 Å². The summed E-state index contributed by atoms with van der Waals surface area (Å²) in [5.74, 6) is 0.102. The lowest BCUT2D eigenvalue weighted by Gasteiger charge is -2.05. The Kier molecular flexibility index (Phi) is 5.44. The minimum absolute atomic E-state index is 0.102. The van der Waals surface area contributed by atoms with Crippen LogP contribution in [0.3, 0.4) is 0 Å². The molecule has 5 heteroatoms. The molecule has 20 heavy (non-hydrogen) atoms. The molecule has 0 saturated heterocycles. The first-order valence-electron chi connectivity index (χ1n) is 6.93. The SMILES string of the molecule is CCCNC(=O)CCNCc1c[nH]c2cc(Cl)ccc12. The third-order valence-electron chi connectivity index (χ3n) is 3.15. The zero-order chi connectivity index (χ0) is 14.4. The second-order valence-electron chi connectivity index (χ2n) is 4.78. The fourth-order valence-corrected chi connectivity index (χ4v) is 2.25. The number of carbonyl (C=O) groups excluding carboxylic acids is 1. The molecule has 1 amide bonds. The first-order chi connectivity index (χ1) is 9.70. The Bertz CT molecular complexity index is 580. The van der Waals surface area contributed by atoms with E-state index < -0.39 is 0 Å². The molecule has 2 rings (SSSR count). The van der Waals surface area contributed by atoms with Crippen molar-refractivity contribution in [2.45, 2.75) is 26.3 Å². The number of amides is 1. The second-order valence-corrected chi connectivity index (χ2v) is 5.22. The zero-order valence-corrected chi connectivity index (χ0v) is 12.4. The van der Waals surface area contributed by atoms with Gasteiger partial charge in [0.25, 0.3) is 0 Å². The Hall–Kier alpha value is -1.52. The molecule has 0 unspecified atom stereocenters. The highest BCUT2D eigenvalue weighted by molar-refractivity contribution is 6.31. The Morgan fingerprint density at radius 2 is 2.20 bits per heavy atom. The molecule has 0 fully saturated rings. The summed E-state index contributed by atoms with van der Waals surface area (Å²) < 4.78 is 0. The van der Waals surface area contributed by atoms with Crippen LogP contribution in [0.15, 0.2) is 24.4 Å². The van der Waals surface area contributed by atoms with Crippen molar-refractivity contribution < 1.29 is 4.79 Å². The van der Waals surface area contributed by atoms with Gasteiger partial charge in [-0.1, -0.05) is 24.6 Å². The van der Waals surface area contributed by atoms with Crippen molar-refractivity contribution in [3.05, 3.63) is 35.0 Å². The van der Waals surface area contributed by atoms with Crippen molar-refractivity contribution >= 4 is 28.4 Å².